The number of anilines is 1. The highest BCUT2D eigenvalue weighted by Crippen LogP contribution is 2.42. The van der Waals surface area contributed by atoms with Crippen molar-refractivity contribution >= 4 is 21.8 Å². The van der Waals surface area contributed by atoms with Crippen LogP contribution in [0.5, 0.6) is 5.75 Å². The first kappa shape index (κ1) is 16.2. The van der Waals surface area contributed by atoms with Crippen LogP contribution in [0.25, 0.3) is 6.08 Å². The molecular weight excluding hydrogens is 336 g/mol. The SMILES string of the molecule is COc1ccc(C)c2c1NC1C(=C2)CCN1S(=O)(=O)c1ccccc1. The van der Waals surface area contributed by atoms with E-state index in [9.17, 15) is 8.42 Å². The van der Waals surface area contributed by atoms with Crippen molar-refractivity contribution in [3.05, 3.63) is 59.2 Å². The number of sulfonamides is 1. The van der Waals surface area contributed by atoms with Gasteiger partial charge in [-0.2, -0.15) is 4.31 Å². The Labute approximate surface area is 148 Å². The zero-order valence-electron chi connectivity index (χ0n) is 14.2. The maximum Gasteiger partial charge on any atom is 0.245 e. The Bertz CT molecular complexity index is 952. The van der Waals surface area contributed by atoms with Crippen LogP contribution in [0, 0.1) is 6.92 Å². The molecule has 1 saturated heterocycles. The third kappa shape index (κ3) is 2.53. The Balaban J connectivity index is 1.76. The van der Waals surface area contributed by atoms with Gasteiger partial charge < -0.3 is 10.1 Å². The van der Waals surface area contributed by atoms with Crippen LogP contribution in [0.3, 0.4) is 0 Å². The van der Waals surface area contributed by atoms with Gasteiger partial charge in [0, 0.05) is 12.1 Å². The molecule has 2 aromatic rings. The number of nitrogens with zero attached hydrogens (tertiary/aromatic N) is 1. The van der Waals surface area contributed by atoms with Gasteiger partial charge in [0.2, 0.25) is 10.0 Å². The lowest BCUT2D eigenvalue weighted by Gasteiger charge is -2.31. The molecule has 0 spiro atoms. The molecule has 1 atom stereocenters. The number of rotatable bonds is 3. The maximum atomic E-state index is 13.1. The summed E-state index contributed by atoms with van der Waals surface area (Å²) in [5.41, 5.74) is 4.15. The Kier molecular flexibility index (Phi) is 3.81. The van der Waals surface area contributed by atoms with Crippen molar-refractivity contribution in [1.82, 2.24) is 4.31 Å². The van der Waals surface area contributed by atoms with Crippen molar-refractivity contribution in [2.45, 2.75) is 24.4 Å². The van der Waals surface area contributed by atoms with E-state index in [2.05, 4.69) is 11.4 Å². The van der Waals surface area contributed by atoms with Gasteiger partial charge in [-0.15, -0.1) is 0 Å². The third-order valence-corrected chi connectivity index (χ3v) is 6.74. The average molecular weight is 356 g/mol. The summed E-state index contributed by atoms with van der Waals surface area (Å²) in [5.74, 6) is 0.722. The zero-order chi connectivity index (χ0) is 17.6. The molecule has 25 heavy (non-hydrogen) atoms. The highest BCUT2D eigenvalue weighted by Gasteiger charge is 2.40. The van der Waals surface area contributed by atoms with E-state index in [0.717, 1.165) is 34.6 Å². The Morgan fingerprint density at radius 3 is 2.64 bits per heavy atom. The second-order valence-electron chi connectivity index (χ2n) is 6.32. The van der Waals surface area contributed by atoms with Crippen LogP contribution in [-0.2, 0) is 10.0 Å². The average Bonchev–Trinajstić information content (AvgIpc) is 3.05. The van der Waals surface area contributed by atoms with Gasteiger partial charge in [0.25, 0.3) is 0 Å². The molecule has 0 amide bonds. The molecule has 1 N–H and O–H groups in total. The second kappa shape index (κ2) is 5.89. The van der Waals surface area contributed by atoms with Crippen LogP contribution < -0.4 is 10.1 Å². The summed E-state index contributed by atoms with van der Waals surface area (Å²) in [6.45, 7) is 2.51. The van der Waals surface area contributed by atoms with Gasteiger partial charge in [-0.1, -0.05) is 24.3 Å². The summed E-state index contributed by atoms with van der Waals surface area (Å²) < 4.78 is 33.1. The number of fused-ring (bicyclic) bond motifs is 2. The van der Waals surface area contributed by atoms with Crippen LogP contribution in [0.4, 0.5) is 5.69 Å². The summed E-state index contributed by atoms with van der Waals surface area (Å²) in [5, 5.41) is 3.40. The molecule has 130 valence electrons. The van der Waals surface area contributed by atoms with Crippen LogP contribution in [0.15, 0.2) is 52.9 Å². The smallest absolute Gasteiger partial charge is 0.245 e. The van der Waals surface area contributed by atoms with Gasteiger partial charge in [0.15, 0.2) is 0 Å². The monoisotopic (exact) mass is 356 g/mol. The standard InChI is InChI=1S/C19H20N2O3S/c1-13-8-9-17(24-2)18-16(13)12-14-10-11-21(19(14)20-18)25(22,23)15-6-4-3-5-7-15/h3-9,12,19-20H,10-11H2,1-2H3. The lowest BCUT2D eigenvalue weighted by Crippen LogP contribution is -2.42. The van der Waals surface area contributed by atoms with Crippen molar-refractivity contribution < 1.29 is 13.2 Å². The summed E-state index contributed by atoms with van der Waals surface area (Å²) in [6.07, 6.45) is 2.46. The first-order valence-electron chi connectivity index (χ1n) is 8.24. The fourth-order valence-corrected chi connectivity index (χ4v) is 5.09. The molecule has 0 radical (unpaired) electrons. The van der Waals surface area contributed by atoms with Crippen LogP contribution in [0.1, 0.15) is 17.5 Å². The number of hydrogen-bond donors (Lipinski definition) is 1. The third-order valence-electron chi connectivity index (χ3n) is 4.87. The van der Waals surface area contributed by atoms with Crippen molar-refractivity contribution in [2.75, 3.05) is 19.0 Å². The number of ether oxygens (including phenoxy) is 1. The van der Waals surface area contributed by atoms with Gasteiger partial charge in [0.05, 0.1) is 17.7 Å². The minimum absolute atomic E-state index is 0.319. The molecule has 0 saturated carbocycles. The molecule has 6 heteroatoms. The molecule has 1 unspecified atom stereocenters. The fourth-order valence-electron chi connectivity index (χ4n) is 3.52. The minimum Gasteiger partial charge on any atom is -0.495 e. The molecule has 2 heterocycles. The number of hydrogen-bond acceptors (Lipinski definition) is 4. The molecule has 2 aromatic carbocycles. The van der Waals surface area contributed by atoms with Gasteiger partial charge in [-0.05, 0) is 48.8 Å². The van der Waals surface area contributed by atoms with Crippen LogP contribution in [-0.4, -0.2) is 32.5 Å². The molecule has 0 aliphatic carbocycles. The van der Waals surface area contributed by atoms with Crippen molar-refractivity contribution in [3.8, 4) is 5.75 Å². The summed E-state index contributed by atoms with van der Waals surface area (Å²) in [6, 6.07) is 12.5. The number of benzene rings is 2. The number of methoxy groups -OCH3 is 1. The summed E-state index contributed by atoms with van der Waals surface area (Å²) in [7, 11) is -1.93. The lowest BCUT2D eigenvalue weighted by atomic mass is 9.97. The molecule has 0 bridgehead atoms. The number of nitrogens with one attached hydrogen (secondary N) is 1. The molecule has 4 rings (SSSR count). The first-order chi connectivity index (χ1) is 12.0. The molecule has 5 nitrogen and oxygen atoms in total. The molecule has 1 fully saturated rings. The van der Waals surface area contributed by atoms with E-state index in [4.69, 9.17) is 4.74 Å². The zero-order valence-corrected chi connectivity index (χ0v) is 15.0. The van der Waals surface area contributed by atoms with Crippen LogP contribution in [0.2, 0.25) is 0 Å². The van der Waals surface area contributed by atoms with Crippen molar-refractivity contribution in [3.63, 3.8) is 0 Å². The maximum absolute atomic E-state index is 13.1. The van der Waals surface area contributed by atoms with Crippen LogP contribution >= 0.6 is 0 Å². The van der Waals surface area contributed by atoms with Crippen molar-refractivity contribution in [2.24, 2.45) is 0 Å². The Hall–Kier alpha value is -2.31. The van der Waals surface area contributed by atoms with Gasteiger partial charge in [-0.25, -0.2) is 8.42 Å². The Morgan fingerprint density at radius 2 is 1.92 bits per heavy atom. The predicted octanol–water partition coefficient (Wildman–Crippen LogP) is 3.23. The van der Waals surface area contributed by atoms with Crippen molar-refractivity contribution in [1.29, 1.82) is 0 Å². The van der Waals surface area contributed by atoms with E-state index in [1.807, 2.05) is 25.1 Å². The highest BCUT2D eigenvalue weighted by molar-refractivity contribution is 7.89. The topological polar surface area (TPSA) is 58.6 Å². The summed E-state index contributed by atoms with van der Waals surface area (Å²) >= 11 is 0. The molecule has 2 aliphatic rings. The molecular formula is C19H20N2O3S. The minimum atomic E-state index is -3.55. The normalized spacial score (nSPS) is 19.6. The predicted molar refractivity (Wildman–Crippen MR) is 98.1 cm³/mol. The van der Waals surface area contributed by atoms with E-state index < -0.39 is 10.0 Å². The van der Waals surface area contributed by atoms with E-state index in [1.54, 1.807) is 35.7 Å². The molecule has 0 aromatic heterocycles. The van der Waals surface area contributed by atoms with E-state index >= 15 is 0 Å². The lowest BCUT2D eigenvalue weighted by molar-refractivity contribution is 0.408. The van der Waals surface area contributed by atoms with E-state index in [1.165, 1.54) is 0 Å². The first-order valence-corrected chi connectivity index (χ1v) is 9.68. The largest absolute Gasteiger partial charge is 0.495 e. The quantitative estimate of drug-likeness (QED) is 0.917. The number of aryl methyl sites for hydroxylation is 1. The Morgan fingerprint density at radius 1 is 1.16 bits per heavy atom. The van der Waals surface area contributed by atoms with Gasteiger partial charge in [-0.3, -0.25) is 0 Å². The van der Waals surface area contributed by atoms with E-state index in [0.29, 0.717) is 11.4 Å². The van der Waals surface area contributed by atoms with Gasteiger partial charge >= 0.3 is 0 Å². The van der Waals surface area contributed by atoms with E-state index in [-0.39, 0.29) is 6.17 Å². The summed E-state index contributed by atoms with van der Waals surface area (Å²) in [4.78, 5) is 0.319. The highest BCUT2D eigenvalue weighted by atomic mass is 32.2. The second-order valence-corrected chi connectivity index (χ2v) is 8.21. The fraction of sp³-hybridized carbons (Fsp3) is 0.263. The molecule has 2 aliphatic heterocycles. The van der Waals surface area contributed by atoms with Gasteiger partial charge in [0.1, 0.15) is 11.9 Å².